The van der Waals surface area contributed by atoms with E-state index in [9.17, 15) is 30.5 Å². The zero-order valence-corrected chi connectivity index (χ0v) is 12.1. The summed E-state index contributed by atoms with van der Waals surface area (Å²) in [4.78, 5) is 10.6. The molecule has 1 rings (SSSR count). The summed E-state index contributed by atoms with van der Waals surface area (Å²) in [6, 6.07) is -1.06. The van der Waals surface area contributed by atoms with E-state index in [2.05, 4.69) is 0 Å². The van der Waals surface area contributed by atoms with Crippen molar-refractivity contribution < 1.29 is 30.5 Å². The molecule has 0 radical (unpaired) electrons. The Morgan fingerprint density at radius 1 is 1.14 bits per heavy atom. The van der Waals surface area contributed by atoms with Crippen molar-refractivity contribution in [3.8, 4) is 0 Å². The van der Waals surface area contributed by atoms with Gasteiger partial charge in [0.15, 0.2) is 0 Å². The molecule has 0 saturated heterocycles. The molecule has 0 aromatic rings. The Labute approximate surface area is 122 Å². The number of nitro groups is 1. The second-order valence-electron chi connectivity index (χ2n) is 5.71. The van der Waals surface area contributed by atoms with Crippen LogP contribution in [0.2, 0.25) is 0 Å². The molecule has 1 aliphatic carbocycles. The van der Waals surface area contributed by atoms with Crippen molar-refractivity contribution in [1.29, 1.82) is 0 Å². The van der Waals surface area contributed by atoms with E-state index in [0.717, 1.165) is 11.1 Å². The highest BCUT2D eigenvalue weighted by molar-refractivity contribution is 5.17. The first-order valence-electron chi connectivity index (χ1n) is 6.82. The standard InChI is InChI=1S/C13H23NO7/c1-6-3-8(9(14(20)21)4-7(6)2)11(17)13(19)12(18)10(16)5-15/h8-13,15-19H,3-5H2,1-2H3/t8-,9-,10+,11-,12-,13+/m0/s1. The molecule has 0 aromatic carbocycles. The SMILES string of the molecule is CC1=C(C)C[C@H]([N+](=O)[O-])[C@@H]([C@H](O)[C@@H](O)[C@@H](O)[C@H](O)CO)C1. The molecule has 6 atom stereocenters. The van der Waals surface area contributed by atoms with E-state index in [1.807, 2.05) is 0 Å². The maximum absolute atomic E-state index is 11.1. The highest BCUT2D eigenvalue weighted by Crippen LogP contribution is 2.34. The van der Waals surface area contributed by atoms with E-state index in [1.54, 1.807) is 13.8 Å². The van der Waals surface area contributed by atoms with Gasteiger partial charge in [0.25, 0.3) is 0 Å². The molecule has 8 nitrogen and oxygen atoms in total. The fraction of sp³-hybridized carbons (Fsp3) is 0.846. The number of aliphatic hydroxyl groups is 5. The third-order valence-electron chi connectivity index (χ3n) is 4.27. The third-order valence-corrected chi connectivity index (χ3v) is 4.27. The monoisotopic (exact) mass is 305 g/mol. The summed E-state index contributed by atoms with van der Waals surface area (Å²) in [6.07, 6.45) is -6.33. The molecule has 0 saturated carbocycles. The van der Waals surface area contributed by atoms with Crippen LogP contribution >= 0.6 is 0 Å². The Bertz CT molecular complexity index is 411. The van der Waals surface area contributed by atoms with Gasteiger partial charge in [0, 0.05) is 11.3 Å². The molecule has 1 aliphatic rings. The normalized spacial score (nSPS) is 28.9. The minimum Gasteiger partial charge on any atom is -0.394 e. The molecule has 0 heterocycles. The van der Waals surface area contributed by atoms with Gasteiger partial charge < -0.3 is 25.5 Å². The van der Waals surface area contributed by atoms with Gasteiger partial charge in [-0.1, -0.05) is 11.1 Å². The van der Waals surface area contributed by atoms with Gasteiger partial charge in [-0.25, -0.2) is 0 Å². The second-order valence-corrected chi connectivity index (χ2v) is 5.71. The number of hydrogen-bond donors (Lipinski definition) is 5. The summed E-state index contributed by atoms with van der Waals surface area (Å²) in [5.74, 6) is -0.862. The number of aliphatic hydroxyl groups excluding tert-OH is 5. The van der Waals surface area contributed by atoms with E-state index in [0.29, 0.717) is 0 Å². The highest BCUT2D eigenvalue weighted by atomic mass is 16.6. The quantitative estimate of drug-likeness (QED) is 0.236. The average molecular weight is 305 g/mol. The summed E-state index contributed by atoms with van der Waals surface area (Å²) >= 11 is 0. The maximum Gasteiger partial charge on any atom is 0.222 e. The zero-order valence-electron chi connectivity index (χ0n) is 12.1. The summed E-state index contributed by atoms with van der Waals surface area (Å²) < 4.78 is 0. The summed E-state index contributed by atoms with van der Waals surface area (Å²) in [6.45, 7) is 2.80. The molecule has 5 N–H and O–H groups in total. The van der Waals surface area contributed by atoms with Gasteiger partial charge in [-0.15, -0.1) is 0 Å². The predicted octanol–water partition coefficient (Wildman–Crippen LogP) is -1.19. The number of hydrogen-bond acceptors (Lipinski definition) is 7. The topological polar surface area (TPSA) is 144 Å². The van der Waals surface area contributed by atoms with E-state index in [-0.39, 0.29) is 12.8 Å². The fourth-order valence-electron chi connectivity index (χ4n) is 2.67. The molecular formula is C13H23NO7. The van der Waals surface area contributed by atoms with Crippen molar-refractivity contribution in [3.63, 3.8) is 0 Å². The van der Waals surface area contributed by atoms with Gasteiger partial charge in [-0.05, 0) is 20.3 Å². The molecule has 0 aromatic heterocycles. The van der Waals surface area contributed by atoms with Crippen LogP contribution in [0.4, 0.5) is 0 Å². The van der Waals surface area contributed by atoms with Crippen LogP contribution in [0.15, 0.2) is 11.1 Å². The second kappa shape index (κ2) is 7.28. The lowest BCUT2D eigenvalue weighted by atomic mass is 9.76. The molecule has 0 fully saturated rings. The molecule has 0 aliphatic heterocycles. The summed E-state index contributed by atoms with van der Waals surface area (Å²) in [5, 5.41) is 58.8. The van der Waals surface area contributed by atoms with Crippen LogP contribution in [0, 0.1) is 16.0 Å². The molecule has 0 amide bonds. The van der Waals surface area contributed by atoms with Crippen LogP contribution < -0.4 is 0 Å². The van der Waals surface area contributed by atoms with Gasteiger partial charge in [-0.2, -0.15) is 0 Å². The van der Waals surface area contributed by atoms with Crippen molar-refractivity contribution in [2.45, 2.75) is 57.1 Å². The van der Waals surface area contributed by atoms with Crippen LogP contribution in [0.1, 0.15) is 26.7 Å². The van der Waals surface area contributed by atoms with E-state index >= 15 is 0 Å². The van der Waals surface area contributed by atoms with E-state index in [1.165, 1.54) is 0 Å². The number of nitrogens with zero attached hydrogens (tertiary/aromatic N) is 1. The molecule has 122 valence electrons. The van der Waals surface area contributed by atoms with E-state index < -0.39 is 47.9 Å². The van der Waals surface area contributed by atoms with Crippen molar-refractivity contribution in [3.05, 3.63) is 21.3 Å². The first-order valence-corrected chi connectivity index (χ1v) is 6.82. The Morgan fingerprint density at radius 2 is 1.67 bits per heavy atom. The minimum absolute atomic E-state index is 0.173. The minimum atomic E-state index is -1.77. The Hall–Kier alpha value is -1.06. The molecule has 21 heavy (non-hydrogen) atoms. The zero-order chi connectivity index (χ0) is 16.3. The highest BCUT2D eigenvalue weighted by Gasteiger charge is 2.44. The smallest absolute Gasteiger partial charge is 0.222 e. The van der Waals surface area contributed by atoms with Gasteiger partial charge >= 0.3 is 0 Å². The van der Waals surface area contributed by atoms with Gasteiger partial charge in [0.2, 0.25) is 6.04 Å². The first-order chi connectivity index (χ1) is 9.70. The third kappa shape index (κ3) is 3.98. The van der Waals surface area contributed by atoms with Crippen molar-refractivity contribution in [2.75, 3.05) is 6.61 Å². The summed E-state index contributed by atoms with van der Waals surface area (Å²) in [7, 11) is 0. The fourth-order valence-corrected chi connectivity index (χ4v) is 2.67. The van der Waals surface area contributed by atoms with Crippen LogP contribution in [0.5, 0.6) is 0 Å². The van der Waals surface area contributed by atoms with Gasteiger partial charge in [0.05, 0.1) is 18.6 Å². The number of rotatable bonds is 6. The van der Waals surface area contributed by atoms with E-state index in [4.69, 9.17) is 5.11 Å². The molecule has 0 bridgehead atoms. The summed E-state index contributed by atoms with van der Waals surface area (Å²) in [5.41, 5.74) is 1.78. The largest absolute Gasteiger partial charge is 0.394 e. The van der Waals surface area contributed by atoms with Crippen LogP contribution in [0.25, 0.3) is 0 Å². The average Bonchev–Trinajstić information content (AvgIpc) is 2.46. The van der Waals surface area contributed by atoms with Crippen LogP contribution in [-0.2, 0) is 0 Å². The molecular weight excluding hydrogens is 282 g/mol. The first kappa shape index (κ1) is 18.0. The van der Waals surface area contributed by atoms with Crippen LogP contribution in [0.3, 0.4) is 0 Å². The predicted molar refractivity (Wildman–Crippen MR) is 73.0 cm³/mol. The van der Waals surface area contributed by atoms with Crippen molar-refractivity contribution in [2.24, 2.45) is 5.92 Å². The molecule has 8 heteroatoms. The van der Waals surface area contributed by atoms with Crippen molar-refractivity contribution in [1.82, 2.24) is 0 Å². The molecule has 0 spiro atoms. The number of allylic oxidation sites excluding steroid dienone is 1. The van der Waals surface area contributed by atoms with Crippen molar-refractivity contribution >= 4 is 0 Å². The van der Waals surface area contributed by atoms with Gasteiger partial charge in [0.1, 0.15) is 18.3 Å². The lowest BCUT2D eigenvalue weighted by molar-refractivity contribution is -0.535. The Morgan fingerprint density at radius 3 is 2.14 bits per heavy atom. The van der Waals surface area contributed by atoms with Crippen LogP contribution in [-0.4, -0.2) is 67.5 Å². The Kier molecular flexibility index (Phi) is 6.24. The lowest BCUT2D eigenvalue weighted by Gasteiger charge is -2.35. The molecule has 0 unspecified atom stereocenters. The van der Waals surface area contributed by atoms with Gasteiger partial charge in [-0.3, -0.25) is 10.1 Å². The lowest BCUT2D eigenvalue weighted by Crippen LogP contribution is -2.52. The Balaban J connectivity index is 2.92. The maximum atomic E-state index is 11.1.